The quantitative estimate of drug-likeness (QED) is 0.657. The summed E-state index contributed by atoms with van der Waals surface area (Å²) >= 11 is 0. The Kier molecular flexibility index (Phi) is 4.50. The van der Waals surface area contributed by atoms with Gasteiger partial charge in [0.2, 0.25) is 0 Å². The molecule has 0 N–H and O–H groups in total. The number of anilines is 1. The number of aromatic nitrogens is 2. The Hall–Kier alpha value is -3.28. The highest BCUT2D eigenvalue weighted by Crippen LogP contribution is 2.38. The molecule has 1 saturated heterocycles. The van der Waals surface area contributed by atoms with Crippen molar-refractivity contribution in [2.75, 3.05) is 24.5 Å². The molecule has 154 valence electrons. The lowest BCUT2D eigenvalue weighted by Crippen LogP contribution is -2.54. The number of hydrogen-bond acceptors (Lipinski definition) is 4. The number of ether oxygens (including phenoxy) is 1. The summed E-state index contributed by atoms with van der Waals surface area (Å²) in [6.45, 7) is 6.81. The van der Waals surface area contributed by atoms with Crippen LogP contribution < -0.4 is 9.64 Å². The van der Waals surface area contributed by atoms with Gasteiger partial charge in [0, 0.05) is 49.5 Å². The highest BCUT2D eigenvalue weighted by atomic mass is 16.5. The molecule has 5 rings (SSSR count). The van der Waals surface area contributed by atoms with Gasteiger partial charge in [0.05, 0.1) is 5.69 Å². The van der Waals surface area contributed by atoms with E-state index in [0.29, 0.717) is 25.4 Å². The number of piperazine rings is 1. The summed E-state index contributed by atoms with van der Waals surface area (Å²) < 4.78 is 7.73. The molecule has 6 nitrogen and oxygen atoms in total. The van der Waals surface area contributed by atoms with E-state index in [-0.39, 0.29) is 11.9 Å². The van der Waals surface area contributed by atoms with E-state index in [9.17, 15) is 4.79 Å². The minimum Gasteiger partial charge on any atom is -0.488 e. The maximum Gasteiger partial charge on any atom is 0.274 e. The molecular weight excluding hydrogens is 376 g/mol. The fourth-order valence-electron chi connectivity index (χ4n) is 4.56. The molecule has 1 fully saturated rings. The molecule has 30 heavy (non-hydrogen) atoms. The molecule has 0 aliphatic carbocycles. The number of carbonyl (C=O) groups excluding carboxylic acids is 1. The smallest absolute Gasteiger partial charge is 0.274 e. The van der Waals surface area contributed by atoms with Crippen LogP contribution in [0.15, 0.2) is 48.5 Å². The largest absolute Gasteiger partial charge is 0.488 e. The van der Waals surface area contributed by atoms with Crippen molar-refractivity contribution in [1.82, 2.24) is 14.7 Å². The standard InChI is InChI=1S/C24H26N4O2/c1-16-8-10-18(11-9-16)28-13-12-27(14-17(28)2)24(29)22-20-15-30-21-7-5-4-6-19(21)23(20)26(3)25-22/h4-11,17H,12-15H2,1-3H3/t17-/m1/s1. The number of amides is 1. The first kappa shape index (κ1) is 18.7. The monoisotopic (exact) mass is 402 g/mol. The van der Waals surface area contributed by atoms with E-state index < -0.39 is 0 Å². The van der Waals surface area contributed by atoms with Gasteiger partial charge >= 0.3 is 0 Å². The van der Waals surface area contributed by atoms with Crippen LogP contribution in [0, 0.1) is 6.92 Å². The van der Waals surface area contributed by atoms with Crippen LogP contribution in [0.1, 0.15) is 28.5 Å². The van der Waals surface area contributed by atoms with Gasteiger partial charge in [0.15, 0.2) is 5.69 Å². The molecular formula is C24H26N4O2. The maximum absolute atomic E-state index is 13.4. The van der Waals surface area contributed by atoms with Crippen LogP contribution in [-0.2, 0) is 13.7 Å². The average molecular weight is 402 g/mol. The van der Waals surface area contributed by atoms with Gasteiger partial charge in [-0.05, 0) is 38.1 Å². The van der Waals surface area contributed by atoms with Crippen molar-refractivity contribution >= 4 is 11.6 Å². The second-order valence-corrected chi connectivity index (χ2v) is 8.21. The number of rotatable bonds is 2. The molecule has 3 heterocycles. The summed E-state index contributed by atoms with van der Waals surface area (Å²) in [5.74, 6) is 0.831. The number of hydrogen-bond donors (Lipinski definition) is 0. The Labute approximate surface area is 176 Å². The fourth-order valence-corrected chi connectivity index (χ4v) is 4.56. The van der Waals surface area contributed by atoms with E-state index in [1.54, 1.807) is 0 Å². The van der Waals surface area contributed by atoms with Crippen LogP contribution >= 0.6 is 0 Å². The normalized spacial score (nSPS) is 17.9. The Bertz CT molecular complexity index is 1100. The molecule has 6 heteroatoms. The van der Waals surface area contributed by atoms with Gasteiger partial charge in [0.25, 0.3) is 5.91 Å². The van der Waals surface area contributed by atoms with E-state index >= 15 is 0 Å². The molecule has 0 saturated carbocycles. The van der Waals surface area contributed by atoms with Gasteiger partial charge in [-0.25, -0.2) is 0 Å². The van der Waals surface area contributed by atoms with Gasteiger partial charge in [-0.2, -0.15) is 5.10 Å². The lowest BCUT2D eigenvalue weighted by molar-refractivity contribution is 0.0717. The zero-order valence-corrected chi connectivity index (χ0v) is 17.6. The maximum atomic E-state index is 13.4. The first-order valence-corrected chi connectivity index (χ1v) is 10.4. The minimum atomic E-state index is -0.00904. The number of benzene rings is 2. The van der Waals surface area contributed by atoms with Crippen LogP contribution in [0.5, 0.6) is 5.75 Å². The van der Waals surface area contributed by atoms with Gasteiger partial charge in [-0.15, -0.1) is 0 Å². The summed E-state index contributed by atoms with van der Waals surface area (Å²) in [6, 6.07) is 16.8. The summed E-state index contributed by atoms with van der Waals surface area (Å²) in [5.41, 5.74) is 5.83. The molecule has 1 atom stereocenters. The molecule has 0 bridgehead atoms. The highest BCUT2D eigenvalue weighted by molar-refractivity contribution is 5.96. The summed E-state index contributed by atoms with van der Waals surface area (Å²) in [4.78, 5) is 17.7. The van der Waals surface area contributed by atoms with Crippen LogP contribution in [0.2, 0.25) is 0 Å². The van der Waals surface area contributed by atoms with Crippen molar-refractivity contribution in [1.29, 1.82) is 0 Å². The number of nitrogens with zero attached hydrogens (tertiary/aromatic N) is 4. The fraction of sp³-hybridized carbons (Fsp3) is 0.333. The predicted molar refractivity (Wildman–Crippen MR) is 117 cm³/mol. The number of para-hydroxylation sites is 1. The van der Waals surface area contributed by atoms with Crippen molar-refractivity contribution in [3.05, 3.63) is 65.4 Å². The Balaban J connectivity index is 1.39. The molecule has 2 aliphatic rings. The molecule has 3 aromatic rings. The summed E-state index contributed by atoms with van der Waals surface area (Å²) in [6.07, 6.45) is 0. The van der Waals surface area contributed by atoms with Gasteiger partial charge < -0.3 is 14.5 Å². The Morgan fingerprint density at radius 2 is 1.87 bits per heavy atom. The van der Waals surface area contributed by atoms with Crippen molar-refractivity contribution in [2.24, 2.45) is 7.05 Å². The van der Waals surface area contributed by atoms with Gasteiger partial charge in [-0.3, -0.25) is 9.48 Å². The van der Waals surface area contributed by atoms with Crippen LogP contribution in [0.3, 0.4) is 0 Å². The van der Waals surface area contributed by atoms with Crippen LogP contribution in [0.4, 0.5) is 5.69 Å². The van der Waals surface area contributed by atoms with E-state index in [4.69, 9.17) is 4.74 Å². The molecule has 2 aromatic carbocycles. The van der Waals surface area contributed by atoms with Crippen LogP contribution in [-0.4, -0.2) is 46.3 Å². The minimum absolute atomic E-state index is 0.00904. The predicted octanol–water partition coefficient (Wildman–Crippen LogP) is 3.64. The molecule has 0 spiro atoms. The van der Waals surface area contributed by atoms with Crippen molar-refractivity contribution in [2.45, 2.75) is 26.5 Å². The van der Waals surface area contributed by atoms with Crippen LogP contribution in [0.25, 0.3) is 11.3 Å². The van der Waals surface area contributed by atoms with Crippen molar-refractivity contribution in [3.63, 3.8) is 0 Å². The van der Waals surface area contributed by atoms with E-state index in [1.165, 1.54) is 11.3 Å². The third kappa shape index (κ3) is 3.03. The molecule has 0 radical (unpaired) electrons. The third-order valence-electron chi connectivity index (χ3n) is 6.14. The SMILES string of the molecule is Cc1ccc(N2CCN(C(=O)c3nn(C)c4c3COc3ccccc3-4)C[C@H]2C)cc1. The second kappa shape index (κ2) is 7.20. The lowest BCUT2D eigenvalue weighted by atomic mass is 10.0. The van der Waals surface area contributed by atoms with Crippen molar-refractivity contribution < 1.29 is 9.53 Å². The van der Waals surface area contributed by atoms with E-state index in [0.717, 1.165) is 29.1 Å². The zero-order valence-electron chi connectivity index (χ0n) is 17.6. The Morgan fingerprint density at radius 1 is 1.10 bits per heavy atom. The van der Waals surface area contributed by atoms with E-state index in [1.807, 2.05) is 40.9 Å². The summed E-state index contributed by atoms with van der Waals surface area (Å²) in [7, 11) is 1.90. The molecule has 0 unspecified atom stereocenters. The first-order valence-electron chi connectivity index (χ1n) is 10.4. The third-order valence-corrected chi connectivity index (χ3v) is 6.14. The molecule has 2 aliphatic heterocycles. The van der Waals surface area contributed by atoms with Gasteiger partial charge in [-0.1, -0.05) is 29.8 Å². The topological polar surface area (TPSA) is 50.6 Å². The zero-order chi connectivity index (χ0) is 20.8. The highest BCUT2D eigenvalue weighted by Gasteiger charge is 2.33. The second-order valence-electron chi connectivity index (χ2n) is 8.21. The molecule has 1 aromatic heterocycles. The number of carbonyl (C=O) groups is 1. The summed E-state index contributed by atoms with van der Waals surface area (Å²) in [5, 5.41) is 4.61. The lowest BCUT2D eigenvalue weighted by Gasteiger charge is -2.41. The number of aryl methyl sites for hydroxylation is 2. The number of fused-ring (bicyclic) bond motifs is 3. The molecule has 1 amide bonds. The first-order chi connectivity index (χ1) is 14.5. The van der Waals surface area contributed by atoms with Crippen molar-refractivity contribution in [3.8, 4) is 17.0 Å². The van der Waals surface area contributed by atoms with E-state index in [2.05, 4.69) is 48.1 Å². The average Bonchev–Trinajstić information content (AvgIpc) is 3.11. The Morgan fingerprint density at radius 3 is 2.63 bits per heavy atom. The van der Waals surface area contributed by atoms with Gasteiger partial charge in [0.1, 0.15) is 12.4 Å².